The number of rotatable bonds is 6. The fraction of sp³-hybridized carbons (Fsp3) is 0.526. The molecule has 0 saturated carbocycles. The Hall–Kier alpha value is -2.48. The lowest BCUT2D eigenvalue weighted by molar-refractivity contribution is -0.122. The number of carbonyl (C=O) groups excluding carboxylic acids is 1. The van der Waals surface area contributed by atoms with Crippen LogP contribution in [0.1, 0.15) is 36.7 Å². The number of hydrogen-bond acceptors (Lipinski definition) is 4. The average Bonchev–Trinajstić information content (AvgIpc) is 2.79. The van der Waals surface area contributed by atoms with Gasteiger partial charge in [0, 0.05) is 19.5 Å². The number of hydrogen-bond donors (Lipinski definition) is 1. The van der Waals surface area contributed by atoms with Gasteiger partial charge in [-0.2, -0.15) is 5.10 Å². The molecule has 0 aliphatic carbocycles. The Bertz CT molecular complexity index is 858. The van der Waals surface area contributed by atoms with Crippen molar-refractivity contribution in [1.29, 1.82) is 0 Å². The van der Waals surface area contributed by atoms with Gasteiger partial charge in [0.15, 0.2) is 0 Å². The molecule has 0 bridgehead atoms. The summed E-state index contributed by atoms with van der Waals surface area (Å²) in [5, 5.41) is 7.17. The Morgan fingerprint density at radius 3 is 2.89 bits per heavy atom. The second kappa shape index (κ2) is 8.47. The highest BCUT2D eigenvalue weighted by Gasteiger charge is 2.19. The highest BCUT2D eigenvalue weighted by atomic mass is 19.1. The van der Waals surface area contributed by atoms with Crippen LogP contribution in [0.3, 0.4) is 0 Å². The van der Waals surface area contributed by atoms with Crippen LogP contribution < -0.4 is 11.0 Å². The van der Waals surface area contributed by atoms with Crippen LogP contribution >= 0.6 is 0 Å². The van der Waals surface area contributed by atoms with E-state index in [1.807, 2.05) is 25.1 Å². The molecule has 2 heterocycles. The Labute approximate surface area is 157 Å². The van der Waals surface area contributed by atoms with Gasteiger partial charge in [0.1, 0.15) is 18.2 Å². The predicted molar refractivity (Wildman–Crippen MR) is 99.9 cm³/mol. The van der Waals surface area contributed by atoms with Crippen molar-refractivity contribution < 1.29 is 9.18 Å². The summed E-state index contributed by atoms with van der Waals surface area (Å²) in [5.41, 5.74) is 0.558. The molecule has 2 aromatic rings. The predicted octanol–water partition coefficient (Wildman–Crippen LogP) is 1.33. The molecule has 146 valence electrons. The van der Waals surface area contributed by atoms with Crippen molar-refractivity contribution in [2.24, 2.45) is 0 Å². The normalized spacial score (nSPS) is 15.3. The number of nitrogens with zero attached hydrogens (tertiary/aromatic N) is 4. The Balaban J connectivity index is 1.64. The highest BCUT2D eigenvalue weighted by Crippen LogP contribution is 2.18. The number of aryl methyl sites for hydroxylation is 1. The van der Waals surface area contributed by atoms with Crippen LogP contribution in [0, 0.1) is 5.82 Å². The molecule has 0 radical (unpaired) electrons. The van der Waals surface area contributed by atoms with Gasteiger partial charge in [-0.05, 0) is 44.6 Å². The number of benzene rings is 1. The molecule has 1 unspecified atom stereocenters. The molecule has 1 amide bonds. The van der Waals surface area contributed by atoms with Gasteiger partial charge in [0.05, 0.1) is 6.04 Å². The molecule has 0 fully saturated rings. The topological polar surface area (TPSA) is 72.2 Å². The number of fused-ring (bicyclic) bond motifs is 1. The van der Waals surface area contributed by atoms with E-state index in [4.69, 9.17) is 0 Å². The lowest BCUT2D eigenvalue weighted by atomic mass is 10.1. The first kappa shape index (κ1) is 19.3. The maximum absolute atomic E-state index is 13.5. The maximum atomic E-state index is 13.5. The molecule has 27 heavy (non-hydrogen) atoms. The number of amides is 1. The monoisotopic (exact) mass is 375 g/mol. The smallest absolute Gasteiger partial charge is 0.346 e. The Kier molecular flexibility index (Phi) is 6.05. The minimum absolute atomic E-state index is 0.109. The Morgan fingerprint density at radius 1 is 1.33 bits per heavy atom. The third-order valence-corrected chi connectivity index (χ3v) is 4.92. The SMILES string of the molecule is CN(C)C(CNC(=O)Cn1nc2n(c1=O)CCCCC2)c1cccc(F)c1. The second-order valence-electron chi connectivity index (χ2n) is 7.16. The lowest BCUT2D eigenvalue weighted by Gasteiger charge is -2.25. The van der Waals surface area contributed by atoms with Crippen molar-refractivity contribution in [2.45, 2.75) is 44.8 Å². The van der Waals surface area contributed by atoms with E-state index in [1.54, 1.807) is 10.6 Å². The summed E-state index contributed by atoms with van der Waals surface area (Å²) in [6.45, 7) is 0.873. The van der Waals surface area contributed by atoms with E-state index in [9.17, 15) is 14.0 Å². The van der Waals surface area contributed by atoms with Gasteiger partial charge in [0.2, 0.25) is 5.91 Å². The molecule has 1 aromatic carbocycles. The van der Waals surface area contributed by atoms with Crippen LogP contribution in [-0.2, 0) is 24.3 Å². The van der Waals surface area contributed by atoms with Crippen LogP contribution in [0.2, 0.25) is 0 Å². The standard InChI is InChI=1S/C19H26FN5O2/c1-23(2)16(14-7-6-8-15(20)11-14)12-21-18(26)13-25-19(27)24-10-5-3-4-9-17(24)22-25/h6-8,11,16H,3-5,9-10,12-13H2,1-2H3,(H,21,26). The van der Waals surface area contributed by atoms with Gasteiger partial charge in [-0.1, -0.05) is 18.6 Å². The van der Waals surface area contributed by atoms with Crippen LogP contribution in [0.15, 0.2) is 29.1 Å². The summed E-state index contributed by atoms with van der Waals surface area (Å²) in [5.74, 6) is 0.168. The molecule has 1 N–H and O–H groups in total. The van der Waals surface area contributed by atoms with Crippen LogP contribution in [-0.4, -0.2) is 45.8 Å². The van der Waals surface area contributed by atoms with Crippen molar-refractivity contribution in [3.63, 3.8) is 0 Å². The van der Waals surface area contributed by atoms with Crippen molar-refractivity contribution in [2.75, 3.05) is 20.6 Å². The largest absolute Gasteiger partial charge is 0.353 e. The molecule has 8 heteroatoms. The van der Waals surface area contributed by atoms with E-state index >= 15 is 0 Å². The fourth-order valence-corrected chi connectivity index (χ4v) is 3.44. The zero-order valence-electron chi connectivity index (χ0n) is 15.8. The maximum Gasteiger partial charge on any atom is 0.346 e. The summed E-state index contributed by atoms with van der Waals surface area (Å²) in [7, 11) is 3.75. The molecule has 1 aliphatic heterocycles. The van der Waals surface area contributed by atoms with Gasteiger partial charge >= 0.3 is 5.69 Å². The van der Waals surface area contributed by atoms with Crippen LogP contribution in [0.5, 0.6) is 0 Å². The highest BCUT2D eigenvalue weighted by molar-refractivity contribution is 5.75. The van der Waals surface area contributed by atoms with Gasteiger partial charge in [0.25, 0.3) is 0 Å². The van der Waals surface area contributed by atoms with Crippen molar-refractivity contribution in [3.05, 3.63) is 52.0 Å². The van der Waals surface area contributed by atoms with E-state index in [2.05, 4.69) is 10.4 Å². The quantitative estimate of drug-likeness (QED) is 0.827. The molecule has 0 saturated heterocycles. The summed E-state index contributed by atoms with van der Waals surface area (Å²) >= 11 is 0. The summed E-state index contributed by atoms with van der Waals surface area (Å²) < 4.78 is 16.4. The second-order valence-corrected chi connectivity index (χ2v) is 7.16. The molecule has 7 nitrogen and oxygen atoms in total. The molecule has 1 aromatic heterocycles. The molecule has 1 atom stereocenters. The number of nitrogens with one attached hydrogen (secondary N) is 1. The van der Waals surface area contributed by atoms with Crippen LogP contribution in [0.4, 0.5) is 4.39 Å². The number of halogens is 1. The van der Waals surface area contributed by atoms with Gasteiger partial charge in [-0.15, -0.1) is 0 Å². The summed E-state index contributed by atoms with van der Waals surface area (Å²) in [6.07, 6.45) is 3.84. The first-order valence-corrected chi connectivity index (χ1v) is 9.31. The molecule has 0 spiro atoms. The van der Waals surface area contributed by atoms with Gasteiger partial charge in [-0.25, -0.2) is 13.9 Å². The summed E-state index contributed by atoms with van der Waals surface area (Å²) in [6, 6.07) is 6.18. The van der Waals surface area contributed by atoms with Crippen molar-refractivity contribution in [3.8, 4) is 0 Å². The van der Waals surface area contributed by atoms with Crippen molar-refractivity contribution >= 4 is 5.91 Å². The van der Waals surface area contributed by atoms with E-state index in [0.29, 0.717) is 13.1 Å². The Morgan fingerprint density at radius 2 is 2.15 bits per heavy atom. The number of carbonyl (C=O) groups is 1. The zero-order valence-corrected chi connectivity index (χ0v) is 15.8. The molecular formula is C19H26FN5O2. The number of aromatic nitrogens is 3. The van der Waals surface area contributed by atoms with Crippen molar-refractivity contribution in [1.82, 2.24) is 24.6 Å². The fourth-order valence-electron chi connectivity index (χ4n) is 3.44. The van der Waals surface area contributed by atoms with E-state index in [-0.39, 0.29) is 30.0 Å². The van der Waals surface area contributed by atoms with E-state index < -0.39 is 0 Å². The minimum atomic E-state index is -0.309. The number of likely N-dealkylation sites (N-methyl/N-ethyl adjacent to an activating group) is 1. The molecule has 1 aliphatic rings. The van der Waals surface area contributed by atoms with Gasteiger partial charge < -0.3 is 10.2 Å². The van der Waals surface area contributed by atoms with Gasteiger partial charge in [-0.3, -0.25) is 9.36 Å². The lowest BCUT2D eigenvalue weighted by Crippen LogP contribution is -2.38. The molecule has 3 rings (SSSR count). The third-order valence-electron chi connectivity index (χ3n) is 4.92. The first-order chi connectivity index (χ1) is 13.0. The van der Waals surface area contributed by atoms with E-state index in [1.165, 1.54) is 16.8 Å². The average molecular weight is 375 g/mol. The van der Waals surface area contributed by atoms with E-state index in [0.717, 1.165) is 37.1 Å². The minimum Gasteiger partial charge on any atom is -0.353 e. The molecular weight excluding hydrogens is 349 g/mol. The summed E-state index contributed by atoms with van der Waals surface area (Å²) in [4.78, 5) is 26.7. The zero-order chi connectivity index (χ0) is 19.4. The third kappa shape index (κ3) is 4.63. The first-order valence-electron chi connectivity index (χ1n) is 9.31. The van der Waals surface area contributed by atoms with Crippen LogP contribution in [0.25, 0.3) is 0 Å².